The van der Waals surface area contributed by atoms with E-state index in [1.165, 1.54) is 0 Å². The number of nitrogens with one attached hydrogen (secondary N) is 1. The van der Waals surface area contributed by atoms with Gasteiger partial charge in [0.05, 0.1) is 12.0 Å². The summed E-state index contributed by atoms with van der Waals surface area (Å²) in [5.74, 6) is -0.836. The topological polar surface area (TPSA) is 114 Å². The first-order chi connectivity index (χ1) is 12.4. The molecule has 2 fully saturated rings. The first kappa shape index (κ1) is 18.7. The van der Waals surface area contributed by atoms with Gasteiger partial charge in [0.2, 0.25) is 0 Å². The number of anilines is 1. The summed E-state index contributed by atoms with van der Waals surface area (Å²) in [4.78, 5) is 15.7. The molecule has 1 aromatic carbocycles. The van der Waals surface area contributed by atoms with Crippen molar-refractivity contribution in [1.82, 2.24) is 4.90 Å². The van der Waals surface area contributed by atoms with Gasteiger partial charge >= 0.3 is 5.97 Å². The van der Waals surface area contributed by atoms with Gasteiger partial charge in [-0.25, -0.2) is 0 Å². The Morgan fingerprint density at radius 1 is 1.15 bits per heavy atom. The molecule has 0 atom stereocenters. The molecule has 1 aliphatic heterocycles. The van der Waals surface area contributed by atoms with Crippen LogP contribution in [0.3, 0.4) is 0 Å². The summed E-state index contributed by atoms with van der Waals surface area (Å²) in [6, 6.07) is 8.23. The largest absolute Gasteiger partial charge is 0.481 e. The van der Waals surface area contributed by atoms with E-state index < -0.39 is 11.6 Å². The molecule has 0 aromatic heterocycles. The summed E-state index contributed by atoms with van der Waals surface area (Å²) >= 11 is 0. The van der Waals surface area contributed by atoms with Crippen molar-refractivity contribution in [3.05, 3.63) is 29.8 Å². The van der Waals surface area contributed by atoms with E-state index in [9.17, 15) is 9.90 Å². The molecular weight excluding hydrogens is 332 g/mol. The van der Waals surface area contributed by atoms with Crippen LogP contribution in [0, 0.1) is 5.41 Å². The van der Waals surface area contributed by atoms with E-state index >= 15 is 0 Å². The van der Waals surface area contributed by atoms with E-state index in [0.717, 1.165) is 50.3 Å². The molecule has 0 unspecified atom stereocenters. The Kier molecular flexibility index (Phi) is 5.48. The molecule has 7 heteroatoms. The fraction of sp³-hybridized carbons (Fsp3) is 0.579. The lowest BCUT2D eigenvalue weighted by Gasteiger charge is -2.44. The molecule has 7 nitrogen and oxygen atoms in total. The molecule has 0 bridgehead atoms. The highest BCUT2D eigenvalue weighted by Crippen LogP contribution is 2.34. The zero-order chi connectivity index (χ0) is 18.7. The first-order valence-electron chi connectivity index (χ1n) is 9.24. The molecule has 1 saturated heterocycles. The summed E-state index contributed by atoms with van der Waals surface area (Å²) in [5, 5.41) is 26.8. The van der Waals surface area contributed by atoms with E-state index in [0.29, 0.717) is 18.9 Å². The van der Waals surface area contributed by atoms with Gasteiger partial charge in [-0.15, -0.1) is 0 Å². The van der Waals surface area contributed by atoms with E-state index in [1.54, 1.807) is 0 Å². The smallest absolute Gasteiger partial charge is 0.306 e. The van der Waals surface area contributed by atoms with Crippen LogP contribution < -0.4 is 10.6 Å². The molecule has 1 aliphatic carbocycles. The number of benzene rings is 1. The second kappa shape index (κ2) is 7.63. The number of nitrogens with two attached hydrogens (primary N) is 1. The number of hydrogen-bond donors (Lipinski definition) is 4. The van der Waals surface area contributed by atoms with Gasteiger partial charge in [0.1, 0.15) is 5.84 Å². The van der Waals surface area contributed by atoms with Gasteiger partial charge in [0, 0.05) is 43.5 Å². The molecule has 1 saturated carbocycles. The number of aliphatic carboxylic acids is 1. The Labute approximate surface area is 153 Å². The fourth-order valence-corrected chi connectivity index (χ4v) is 4.16. The standard InChI is InChI=1S/C19H28N4O3/c20-18(21)14-1-3-15(4-2-14)22-9-11-23(12-10-22)16-5-7-19(26,8-6-16)13-17(24)25/h1-4,16,26H,5-13H2,(H3,20,21)(H,24,25)/t16-,19+. The third-order valence-corrected chi connectivity index (χ3v) is 5.74. The SMILES string of the molecule is N=C(N)c1ccc(N2CCN([C@H]3CC[C@](O)(CC(=O)O)CC3)CC2)cc1. The summed E-state index contributed by atoms with van der Waals surface area (Å²) in [6.45, 7) is 3.82. The number of hydrogen-bond acceptors (Lipinski definition) is 5. The maximum absolute atomic E-state index is 10.9. The number of aliphatic hydroxyl groups is 1. The van der Waals surface area contributed by atoms with Crippen LogP contribution in [-0.4, -0.2) is 64.7 Å². The number of rotatable bonds is 5. The number of piperazine rings is 1. The van der Waals surface area contributed by atoms with Crippen LogP contribution in [0.2, 0.25) is 0 Å². The minimum Gasteiger partial charge on any atom is -0.481 e. The first-order valence-corrected chi connectivity index (χ1v) is 9.24. The average molecular weight is 360 g/mol. The Bertz CT molecular complexity index is 645. The molecule has 2 aliphatic rings. The highest BCUT2D eigenvalue weighted by molar-refractivity contribution is 5.95. The Balaban J connectivity index is 1.50. The number of nitrogen functional groups attached to an aromatic ring is 1. The molecular formula is C19H28N4O3. The minimum atomic E-state index is -1.03. The van der Waals surface area contributed by atoms with E-state index in [1.807, 2.05) is 24.3 Å². The monoisotopic (exact) mass is 360 g/mol. The van der Waals surface area contributed by atoms with Gasteiger partial charge in [-0.3, -0.25) is 15.1 Å². The molecule has 1 aromatic rings. The molecule has 3 rings (SSSR count). The summed E-state index contributed by atoms with van der Waals surface area (Å²) in [7, 11) is 0. The Morgan fingerprint density at radius 3 is 2.23 bits per heavy atom. The summed E-state index contributed by atoms with van der Waals surface area (Å²) in [5.41, 5.74) is 6.36. The van der Waals surface area contributed by atoms with Crippen LogP contribution >= 0.6 is 0 Å². The predicted molar refractivity (Wildman–Crippen MR) is 101 cm³/mol. The van der Waals surface area contributed by atoms with Crippen molar-refractivity contribution in [3.63, 3.8) is 0 Å². The van der Waals surface area contributed by atoms with Gasteiger partial charge in [-0.1, -0.05) is 0 Å². The number of carboxylic acid groups (broad SMARTS) is 1. The highest BCUT2D eigenvalue weighted by Gasteiger charge is 2.37. The third kappa shape index (κ3) is 4.34. The zero-order valence-electron chi connectivity index (χ0n) is 15.0. The van der Waals surface area contributed by atoms with E-state index in [-0.39, 0.29) is 12.3 Å². The van der Waals surface area contributed by atoms with Gasteiger partial charge in [-0.2, -0.15) is 0 Å². The van der Waals surface area contributed by atoms with Gasteiger partial charge in [0.15, 0.2) is 0 Å². The quantitative estimate of drug-likeness (QED) is 0.464. The van der Waals surface area contributed by atoms with Crippen molar-refractivity contribution in [1.29, 1.82) is 5.41 Å². The van der Waals surface area contributed by atoms with Gasteiger partial charge in [0.25, 0.3) is 0 Å². The lowest BCUT2D eigenvalue weighted by molar-refractivity contribution is -0.144. The normalized spacial score (nSPS) is 27.3. The van der Waals surface area contributed by atoms with E-state index in [2.05, 4.69) is 9.80 Å². The third-order valence-electron chi connectivity index (χ3n) is 5.74. The molecule has 0 spiro atoms. The molecule has 142 valence electrons. The molecule has 5 N–H and O–H groups in total. The summed E-state index contributed by atoms with van der Waals surface area (Å²) < 4.78 is 0. The van der Waals surface area contributed by atoms with Crippen LogP contribution in [0.25, 0.3) is 0 Å². The minimum absolute atomic E-state index is 0.0847. The predicted octanol–water partition coefficient (Wildman–Crippen LogP) is 1.24. The van der Waals surface area contributed by atoms with Crippen molar-refractivity contribution in [2.75, 3.05) is 31.1 Å². The Morgan fingerprint density at radius 2 is 1.73 bits per heavy atom. The van der Waals surface area contributed by atoms with Gasteiger partial charge < -0.3 is 20.8 Å². The van der Waals surface area contributed by atoms with Crippen LogP contribution in [0.4, 0.5) is 5.69 Å². The summed E-state index contributed by atoms with van der Waals surface area (Å²) in [6.07, 6.45) is 2.70. The van der Waals surface area contributed by atoms with E-state index in [4.69, 9.17) is 16.2 Å². The van der Waals surface area contributed by atoms with Crippen molar-refractivity contribution in [2.24, 2.45) is 5.73 Å². The molecule has 1 heterocycles. The highest BCUT2D eigenvalue weighted by atomic mass is 16.4. The molecule has 0 amide bonds. The average Bonchev–Trinajstić information content (AvgIpc) is 2.62. The van der Waals surface area contributed by atoms with Crippen molar-refractivity contribution < 1.29 is 15.0 Å². The van der Waals surface area contributed by atoms with Crippen LogP contribution in [-0.2, 0) is 4.79 Å². The van der Waals surface area contributed by atoms with Crippen LogP contribution in [0.1, 0.15) is 37.7 Å². The Hall–Kier alpha value is -2.12. The number of amidine groups is 1. The van der Waals surface area contributed by atoms with Crippen molar-refractivity contribution in [3.8, 4) is 0 Å². The zero-order valence-corrected chi connectivity index (χ0v) is 15.0. The second-order valence-corrected chi connectivity index (χ2v) is 7.51. The van der Waals surface area contributed by atoms with Crippen molar-refractivity contribution in [2.45, 2.75) is 43.7 Å². The number of carbonyl (C=O) groups is 1. The maximum Gasteiger partial charge on any atom is 0.306 e. The number of nitrogens with zero attached hydrogens (tertiary/aromatic N) is 2. The maximum atomic E-state index is 10.9. The molecule has 0 radical (unpaired) electrons. The lowest BCUT2D eigenvalue weighted by Crippen LogP contribution is -2.52. The van der Waals surface area contributed by atoms with Gasteiger partial charge in [-0.05, 0) is 49.9 Å². The van der Waals surface area contributed by atoms with Crippen LogP contribution in [0.15, 0.2) is 24.3 Å². The lowest BCUT2D eigenvalue weighted by atomic mass is 9.79. The van der Waals surface area contributed by atoms with Crippen LogP contribution in [0.5, 0.6) is 0 Å². The fourth-order valence-electron chi connectivity index (χ4n) is 4.16. The molecule has 26 heavy (non-hydrogen) atoms. The number of carboxylic acids is 1. The van der Waals surface area contributed by atoms with Crippen molar-refractivity contribution >= 4 is 17.5 Å². The second-order valence-electron chi connectivity index (χ2n) is 7.51.